The smallest absolute Gasteiger partial charge is 0.335 e. The van der Waals surface area contributed by atoms with Gasteiger partial charge in [-0.15, -0.1) is 0 Å². The van der Waals surface area contributed by atoms with Crippen LogP contribution in [0.15, 0.2) is 18.2 Å². The summed E-state index contributed by atoms with van der Waals surface area (Å²) in [5, 5.41) is 17.7. The van der Waals surface area contributed by atoms with E-state index >= 15 is 0 Å². The van der Waals surface area contributed by atoms with Crippen LogP contribution in [0.2, 0.25) is 0 Å². The van der Waals surface area contributed by atoms with Gasteiger partial charge in [-0.25, -0.2) is 4.79 Å². The van der Waals surface area contributed by atoms with Gasteiger partial charge in [-0.3, -0.25) is 0 Å². The lowest BCUT2D eigenvalue weighted by Crippen LogP contribution is -2.13. The van der Waals surface area contributed by atoms with Crippen LogP contribution in [0.1, 0.15) is 17.3 Å². The molecule has 0 aliphatic rings. The number of aromatic carboxylic acids is 1. The summed E-state index contributed by atoms with van der Waals surface area (Å²) in [4.78, 5) is 10.8. The molecule has 4 nitrogen and oxygen atoms in total. The Morgan fingerprint density at radius 3 is 2.81 bits per heavy atom. The van der Waals surface area contributed by atoms with Crippen molar-refractivity contribution in [2.24, 2.45) is 5.92 Å². The van der Waals surface area contributed by atoms with E-state index in [0.29, 0.717) is 12.4 Å². The van der Waals surface area contributed by atoms with Gasteiger partial charge in [0, 0.05) is 12.5 Å². The molecule has 0 saturated heterocycles. The molecule has 0 aliphatic carbocycles. The number of ether oxygens (including phenoxy) is 1. The highest BCUT2D eigenvalue weighted by Crippen LogP contribution is 2.22. The van der Waals surface area contributed by atoms with Crippen molar-refractivity contribution in [3.05, 3.63) is 27.3 Å². The average Bonchev–Trinajstić information content (AvgIpc) is 2.27. The predicted octanol–water partition coefficient (Wildman–Crippen LogP) is 2.00. The van der Waals surface area contributed by atoms with Gasteiger partial charge in [0.2, 0.25) is 0 Å². The van der Waals surface area contributed by atoms with E-state index < -0.39 is 5.97 Å². The number of rotatable bonds is 5. The Bertz CT molecular complexity index is 378. The molecule has 0 aromatic heterocycles. The van der Waals surface area contributed by atoms with Crippen molar-refractivity contribution in [3.63, 3.8) is 0 Å². The summed E-state index contributed by atoms with van der Waals surface area (Å²) in [5.41, 5.74) is 0.201. The Hall–Kier alpha value is -0.820. The number of benzene rings is 1. The number of carboxylic acids is 1. The maximum Gasteiger partial charge on any atom is 0.335 e. The van der Waals surface area contributed by atoms with Crippen LogP contribution >= 0.6 is 22.6 Å². The van der Waals surface area contributed by atoms with Gasteiger partial charge in [-0.2, -0.15) is 0 Å². The predicted molar refractivity (Wildman–Crippen MR) is 67.9 cm³/mol. The van der Waals surface area contributed by atoms with Crippen LogP contribution in [-0.2, 0) is 0 Å². The Morgan fingerprint density at radius 2 is 2.25 bits per heavy atom. The number of aliphatic hydroxyl groups excluding tert-OH is 1. The lowest BCUT2D eigenvalue weighted by molar-refractivity contribution is 0.0696. The Kier molecular flexibility index (Phi) is 5.01. The maximum atomic E-state index is 10.8. The van der Waals surface area contributed by atoms with Crippen LogP contribution in [0.25, 0.3) is 0 Å². The molecule has 16 heavy (non-hydrogen) atoms. The van der Waals surface area contributed by atoms with Crippen molar-refractivity contribution in [1.29, 1.82) is 0 Å². The van der Waals surface area contributed by atoms with E-state index in [1.807, 2.05) is 6.92 Å². The number of carboxylic acid groups (broad SMARTS) is 1. The minimum absolute atomic E-state index is 0.0317. The number of aliphatic hydroxyl groups is 1. The fourth-order valence-corrected chi connectivity index (χ4v) is 1.52. The molecule has 2 N–H and O–H groups in total. The van der Waals surface area contributed by atoms with Crippen LogP contribution in [0, 0.1) is 9.49 Å². The van der Waals surface area contributed by atoms with E-state index in [1.165, 1.54) is 12.1 Å². The number of hydrogen-bond acceptors (Lipinski definition) is 3. The van der Waals surface area contributed by atoms with Crippen molar-refractivity contribution < 1.29 is 19.7 Å². The Morgan fingerprint density at radius 1 is 1.56 bits per heavy atom. The second-order valence-corrected chi connectivity index (χ2v) is 4.71. The first-order chi connectivity index (χ1) is 7.54. The van der Waals surface area contributed by atoms with Gasteiger partial charge in [0.15, 0.2) is 0 Å². The van der Waals surface area contributed by atoms with Gasteiger partial charge in [0.05, 0.1) is 15.7 Å². The minimum Gasteiger partial charge on any atom is -0.492 e. The van der Waals surface area contributed by atoms with Crippen molar-refractivity contribution >= 4 is 28.6 Å². The summed E-state index contributed by atoms with van der Waals surface area (Å²) in [6.45, 7) is 2.28. The molecule has 0 saturated carbocycles. The molecule has 0 spiro atoms. The molecule has 1 aromatic carbocycles. The molecular weight excluding hydrogens is 323 g/mol. The van der Waals surface area contributed by atoms with Gasteiger partial charge in [-0.05, 0) is 40.8 Å². The zero-order valence-electron chi connectivity index (χ0n) is 8.81. The molecule has 1 unspecified atom stereocenters. The molecule has 5 heteroatoms. The lowest BCUT2D eigenvalue weighted by Gasteiger charge is -2.12. The average molecular weight is 336 g/mol. The van der Waals surface area contributed by atoms with Gasteiger partial charge in [0.1, 0.15) is 5.75 Å². The Balaban J connectivity index is 2.78. The van der Waals surface area contributed by atoms with E-state index in [0.717, 1.165) is 3.57 Å². The zero-order chi connectivity index (χ0) is 12.1. The van der Waals surface area contributed by atoms with E-state index in [2.05, 4.69) is 22.6 Å². The van der Waals surface area contributed by atoms with Gasteiger partial charge in [0.25, 0.3) is 0 Å². The summed E-state index contributed by atoms with van der Waals surface area (Å²) in [7, 11) is 0. The molecular formula is C11H13IO4. The highest BCUT2D eigenvalue weighted by molar-refractivity contribution is 14.1. The molecule has 1 aromatic rings. The molecule has 0 aliphatic heterocycles. The van der Waals surface area contributed by atoms with E-state index in [-0.39, 0.29) is 18.1 Å². The monoisotopic (exact) mass is 336 g/mol. The first-order valence-corrected chi connectivity index (χ1v) is 5.89. The lowest BCUT2D eigenvalue weighted by atomic mass is 10.2. The fourth-order valence-electron chi connectivity index (χ4n) is 1.03. The van der Waals surface area contributed by atoms with Crippen molar-refractivity contribution in [1.82, 2.24) is 0 Å². The van der Waals surface area contributed by atoms with Crippen LogP contribution in [-0.4, -0.2) is 29.4 Å². The second kappa shape index (κ2) is 6.05. The van der Waals surface area contributed by atoms with Crippen molar-refractivity contribution in [2.75, 3.05) is 13.2 Å². The third kappa shape index (κ3) is 3.64. The zero-order valence-corrected chi connectivity index (χ0v) is 11.0. The highest BCUT2D eigenvalue weighted by atomic mass is 127. The van der Waals surface area contributed by atoms with Gasteiger partial charge < -0.3 is 14.9 Å². The molecule has 0 fully saturated rings. The van der Waals surface area contributed by atoms with Crippen LogP contribution in [0.5, 0.6) is 5.75 Å². The standard InChI is InChI=1S/C11H13IO4/c1-7(5-13)6-16-10-4-8(11(14)15)2-3-9(10)12/h2-4,7,13H,5-6H2,1H3,(H,14,15). The van der Waals surface area contributed by atoms with Gasteiger partial charge >= 0.3 is 5.97 Å². The number of hydrogen-bond donors (Lipinski definition) is 2. The summed E-state index contributed by atoms with van der Waals surface area (Å²) < 4.78 is 6.30. The molecule has 1 atom stereocenters. The first-order valence-electron chi connectivity index (χ1n) is 4.81. The molecule has 88 valence electrons. The Labute approximate surface area is 107 Å². The van der Waals surface area contributed by atoms with Crippen LogP contribution in [0.3, 0.4) is 0 Å². The summed E-state index contributed by atoms with van der Waals surface area (Å²) in [6.07, 6.45) is 0. The molecule has 0 amide bonds. The molecule has 0 bridgehead atoms. The third-order valence-corrected chi connectivity index (χ3v) is 2.90. The topological polar surface area (TPSA) is 66.8 Å². The molecule has 1 rings (SSSR count). The van der Waals surface area contributed by atoms with E-state index in [9.17, 15) is 4.79 Å². The SMILES string of the molecule is CC(CO)COc1cc(C(=O)O)ccc1I. The molecule has 0 heterocycles. The third-order valence-electron chi connectivity index (χ3n) is 2.01. The highest BCUT2D eigenvalue weighted by Gasteiger charge is 2.09. The van der Waals surface area contributed by atoms with E-state index in [1.54, 1.807) is 6.07 Å². The normalized spacial score (nSPS) is 12.2. The van der Waals surface area contributed by atoms with Crippen LogP contribution < -0.4 is 4.74 Å². The summed E-state index contributed by atoms with van der Waals surface area (Å²) >= 11 is 2.08. The second-order valence-electron chi connectivity index (χ2n) is 3.55. The van der Waals surface area contributed by atoms with E-state index in [4.69, 9.17) is 14.9 Å². The van der Waals surface area contributed by atoms with Crippen LogP contribution in [0.4, 0.5) is 0 Å². The number of carbonyl (C=O) groups is 1. The number of halogens is 1. The van der Waals surface area contributed by atoms with Crippen molar-refractivity contribution in [3.8, 4) is 5.75 Å². The van der Waals surface area contributed by atoms with Crippen molar-refractivity contribution in [2.45, 2.75) is 6.92 Å². The van der Waals surface area contributed by atoms with Gasteiger partial charge in [-0.1, -0.05) is 6.92 Å². The summed E-state index contributed by atoms with van der Waals surface area (Å²) in [6, 6.07) is 4.73. The maximum absolute atomic E-state index is 10.8. The quantitative estimate of drug-likeness (QED) is 0.807. The summed E-state index contributed by atoms with van der Waals surface area (Å²) in [5.74, 6) is -0.401. The fraction of sp³-hybridized carbons (Fsp3) is 0.364. The minimum atomic E-state index is -0.976. The first kappa shape index (κ1) is 13.2. The largest absolute Gasteiger partial charge is 0.492 e. The molecule has 0 radical (unpaired) electrons.